The minimum atomic E-state index is 0.546. The van der Waals surface area contributed by atoms with Crippen LogP contribution in [-0.2, 0) is 5.88 Å². The third-order valence-electron chi connectivity index (χ3n) is 4.77. The predicted molar refractivity (Wildman–Crippen MR) is 76.0 cm³/mol. The Morgan fingerprint density at radius 3 is 2.94 bits per heavy atom. The molecule has 2 aliphatic rings. The molecule has 18 heavy (non-hydrogen) atoms. The Bertz CT molecular complexity index is 421. The number of halogens is 1. The van der Waals surface area contributed by atoms with Crippen LogP contribution >= 0.6 is 11.6 Å². The van der Waals surface area contributed by atoms with Gasteiger partial charge in [-0.25, -0.2) is 4.98 Å². The Morgan fingerprint density at radius 2 is 2.28 bits per heavy atom. The molecule has 2 fully saturated rings. The van der Waals surface area contributed by atoms with Gasteiger partial charge in [-0.05, 0) is 43.1 Å². The zero-order valence-corrected chi connectivity index (χ0v) is 11.7. The lowest BCUT2D eigenvalue weighted by atomic mass is 9.88. The Kier molecular flexibility index (Phi) is 3.47. The first-order chi connectivity index (χ1) is 8.78. The number of aromatic nitrogens is 1. The normalized spacial score (nSPS) is 29.8. The number of fused-ring (bicyclic) bond motifs is 2. The van der Waals surface area contributed by atoms with E-state index >= 15 is 0 Å². The van der Waals surface area contributed by atoms with Crippen molar-refractivity contribution in [3.8, 4) is 0 Å². The van der Waals surface area contributed by atoms with E-state index in [0.717, 1.165) is 35.7 Å². The maximum Gasteiger partial charge on any atom is 0.132 e. The second-order valence-electron chi connectivity index (χ2n) is 5.94. The average molecular weight is 265 g/mol. The van der Waals surface area contributed by atoms with E-state index in [1.165, 1.54) is 25.7 Å². The summed E-state index contributed by atoms with van der Waals surface area (Å²) in [6.07, 6.45) is 7.69. The maximum atomic E-state index is 5.99. The number of hydrogen-bond acceptors (Lipinski definition) is 2. The smallest absolute Gasteiger partial charge is 0.132 e. The monoisotopic (exact) mass is 264 g/mol. The number of hydrogen-bond donors (Lipinski definition) is 0. The van der Waals surface area contributed by atoms with Gasteiger partial charge in [0.15, 0.2) is 0 Å². The van der Waals surface area contributed by atoms with Gasteiger partial charge in [0.1, 0.15) is 5.82 Å². The fourth-order valence-corrected chi connectivity index (χ4v) is 4.13. The largest absolute Gasteiger partial charge is 0.359 e. The molecule has 0 spiro atoms. The Labute approximate surface area is 114 Å². The van der Waals surface area contributed by atoms with E-state index in [4.69, 9.17) is 11.6 Å². The highest BCUT2D eigenvalue weighted by Gasteiger charge is 2.39. The van der Waals surface area contributed by atoms with E-state index in [0.29, 0.717) is 5.88 Å². The van der Waals surface area contributed by atoms with Crippen molar-refractivity contribution < 1.29 is 0 Å². The van der Waals surface area contributed by atoms with E-state index in [2.05, 4.69) is 23.0 Å². The van der Waals surface area contributed by atoms with Crippen molar-refractivity contribution in [1.82, 2.24) is 4.98 Å². The van der Waals surface area contributed by atoms with Crippen LogP contribution in [0, 0.1) is 17.8 Å². The zero-order chi connectivity index (χ0) is 12.5. The Hall–Kier alpha value is -0.760. The summed E-state index contributed by atoms with van der Waals surface area (Å²) < 4.78 is 0. The molecule has 1 heterocycles. The Morgan fingerprint density at radius 1 is 1.39 bits per heavy atom. The highest BCUT2D eigenvalue weighted by Crippen LogP contribution is 2.48. The van der Waals surface area contributed by atoms with Crippen LogP contribution in [0.1, 0.15) is 31.2 Å². The second-order valence-corrected chi connectivity index (χ2v) is 6.20. The van der Waals surface area contributed by atoms with Crippen molar-refractivity contribution in [3.05, 3.63) is 23.9 Å². The van der Waals surface area contributed by atoms with Gasteiger partial charge in [-0.2, -0.15) is 0 Å². The first-order valence-electron chi connectivity index (χ1n) is 6.99. The first-order valence-corrected chi connectivity index (χ1v) is 7.52. The third-order valence-corrected chi connectivity index (χ3v) is 5.05. The van der Waals surface area contributed by atoms with Crippen LogP contribution in [0.5, 0.6) is 0 Å². The van der Waals surface area contributed by atoms with Gasteiger partial charge in [0.25, 0.3) is 0 Å². The van der Waals surface area contributed by atoms with E-state index < -0.39 is 0 Å². The lowest BCUT2D eigenvalue weighted by Crippen LogP contribution is -2.29. The standard InChI is InChI=1S/C15H21ClN2/c1-18(15-13(9-16)3-2-6-17-15)10-14-8-11-4-5-12(14)7-11/h2-3,6,11-12,14H,4-5,7-10H2,1H3. The average Bonchev–Trinajstić information content (AvgIpc) is 3.01. The molecule has 0 saturated heterocycles. The molecule has 2 aliphatic carbocycles. The topological polar surface area (TPSA) is 16.1 Å². The lowest BCUT2D eigenvalue weighted by Gasteiger charge is -2.28. The fourth-order valence-electron chi connectivity index (χ4n) is 3.92. The summed E-state index contributed by atoms with van der Waals surface area (Å²) in [4.78, 5) is 6.80. The van der Waals surface area contributed by atoms with Gasteiger partial charge >= 0.3 is 0 Å². The molecule has 1 aromatic heterocycles. The summed E-state index contributed by atoms with van der Waals surface area (Å²) in [7, 11) is 2.16. The summed E-state index contributed by atoms with van der Waals surface area (Å²) in [5.41, 5.74) is 1.14. The summed E-state index contributed by atoms with van der Waals surface area (Å²) in [6, 6.07) is 4.04. The van der Waals surface area contributed by atoms with E-state index in [-0.39, 0.29) is 0 Å². The molecule has 0 radical (unpaired) electrons. The van der Waals surface area contributed by atoms with Crippen LogP contribution in [0.25, 0.3) is 0 Å². The summed E-state index contributed by atoms with van der Waals surface area (Å²) in [5.74, 6) is 4.48. The maximum absolute atomic E-state index is 5.99. The molecule has 3 rings (SSSR count). The number of pyridine rings is 1. The molecule has 3 heteroatoms. The summed E-state index contributed by atoms with van der Waals surface area (Å²) in [5, 5.41) is 0. The molecule has 0 N–H and O–H groups in total. The van der Waals surface area contributed by atoms with Gasteiger partial charge in [0.2, 0.25) is 0 Å². The predicted octanol–water partition coefficient (Wildman–Crippen LogP) is 3.69. The second kappa shape index (κ2) is 5.08. The number of alkyl halides is 1. The minimum absolute atomic E-state index is 0.546. The molecular formula is C15H21ClN2. The van der Waals surface area contributed by atoms with Gasteiger partial charge in [0.05, 0.1) is 5.88 Å². The molecule has 3 unspecified atom stereocenters. The number of nitrogens with zero attached hydrogens (tertiary/aromatic N) is 2. The van der Waals surface area contributed by atoms with Crippen molar-refractivity contribution in [3.63, 3.8) is 0 Å². The van der Waals surface area contributed by atoms with Gasteiger partial charge < -0.3 is 4.90 Å². The molecular weight excluding hydrogens is 244 g/mol. The van der Waals surface area contributed by atoms with Crippen LogP contribution in [0.4, 0.5) is 5.82 Å². The van der Waals surface area contributed by atoms with Gasteiger partial charge in [-0.3, -0.25) is 0 Å². The van der Waals surface area contributed by atoms with Crippen LogP contribution in [0.15, 0.2) is 18.3 Å². The van der Waals surface area contributed by atoms with Crippen molar-refractivity contribution in [1.29, 1.82) is 0 Å². The fraction of sp³-hybridized carbons (Fsp3) is 0.667. The molecule has 3 atom stereocenters. The van der Waals surface area contributed by atoms with Crippen molar-refractivity contribution in [2.45, 2.75) is 31.6 Å². The third kappa shape index (κ3) is 2.23. The van der Waals surface area contributed by atoms with Crippen LogP contribution < -0.4 is 4.90 Å². The molecule has 98 valence electrons. The van der Waals surface area contributed by atoms with Crippen molar-refractivity contribution in [2.24, 2.45) is 17.8 Å². The molecule has 1 aromatic rings. The lowest BCUT2D eigenvalue weighted by molar-refractivity contribution is 0.337. The molecule has 0 aromatic carbocycles. The highest BCUT2D eigenvalue weighted by atomic mass is 35.5. The van der Waals surface area contributed by atoms with Gasteiger partial charge in [-0.15, -0.1) is 11.6 Å². The molecule has 2 saturated carbocycles. The molecule has 0 amide bonds. The van der Waals surface area contributed by atoms with Crippen LogP contribution in [-0.4, -0.2) is 18.6 Å². The van der Waals surface area contributed by atoms with Crippen LogP contribution in [0.2, 0.25) is 0 Å². The molecule has 2 nitrogen and oxygen atoms in total. The number of rotatable bonds is 4. The Balaban J connectivity index is 1.69. The van der Waals surface area contributed by atoms with Crippen LogP contribution in [0.3, 0.4) is 0 Å². The number of anilines is 1. The minimum Gasteiger partial charge on any atom is -0.359 e. The van der Waals surface area contributed by atoms with E-state index in [1.807, 2.05) is 12.3 Å². The SMILES string of the molecule is CN(CC1CC2CCC1C2)c1ncccc1CCl. The van der Waals surface area contributed by atoms with Crippen molar-refractivity contribution >= 4 is 17.4 Å². The first kappa shape index (κ1) is 12.3. The highest BCUT2D eigenvalue weighted by molar-refractivity contribution is 6.17. The van der Waals surface area contributed by atoms with E-state index in [9.17, 15) is 0 Å². The quantitative estimate of drug-likeness (QED) is 0.771. The summed E-state index contributed by atoms with van der Waals surface area (Å²) in [6.45, 7) is 1.14. The molecule has 2 bridgehead atoms. The van der Waals surface area contributed by atoms with Crippen molar-refractivity contribution in [2.75, 3.05) is 18.5 Å². The van der Waals surface area contributed by atoms with Gasteiger partial charge in [0, 0.05) is 25.4 Å². The van der Waals surface area contributed by atoms with Gasteiger partial charge in [-0.1, -0.05) is 12.5 Å². The molecule has 0 aliphatic heterocycles. The van der Waals surface area contributed by atoms with E-state index in [1.54, 1.807) is 0 Å². The summed E-state index contributed by atoms with van der Waals surface area (Å²) >= 11 is 5.99. The zero-order valence-electron chi connectivity index (χ0n) is 11.0.